The van der Waals surface area contributed by atoms with E-state index in [-0.39, 0.29) is 0 Å². The maximum Gasteiger partial charge on any atom is 0.178 e. The molecule has 3 heteroatoms. The van der Waals surface area contributed by atoms with Gasteiger partial charge in [0.2, 0.25) is 0 Å². The van der Waals surface area contributed by atoms with Gasteiger partial charge in [0.05, 0.1) is 11.1 Å². The number of benzene rings is 6. The molecular weight excluding hydrogens is 550 g/mol. The lowest BCUT2D eigenvalue weighted by Crippen LogP contribution is -2.26. The third-order valence-electron chi connectivity index (χ3n) is 9.62. The van der Waals surface area contributed by atoms with Gasteiger partial charge in [0.15, 0.2) is 23.0 Å². The Hall–Kier alpha value is -5.93. The summed E-state index contributed by atoms with van der Waals surface area (Å²) in [5.74, 6) is 2.97. The van der Waals surface area contributed by atoms with E-state index in [2.05, 4.69) is 103 Å². The summed E-state index contributed by atoms with van der Waals surface area (Å²) in [6, 6.07) is 51.4. The Balaban J connectivity index is 1.23. The smallest absolute Gasteiger partial charge is 0.178 e. The fraction of sp³-hybridized carbons (Fsp3) is 0.0238. The highest BCUT2D eigenvalue weighted by Crippen LogP contribution is 2.66. The molecule has 0 radical (unpaired) electrons. The highest BCUT2D eigenvalue weighted by Gasteiger charge is 2.53. The largest absolute Gasteiger partial charge is 0.449 e. The summed E-state index contributed by atoms with van der Waals surface area (Å²) in [6.07, 6.45) is 1.99. The molecule has 1 spiro atoms. The van der Waals surface area contributed by atoms with E-state index in [0.717, 1.165) is 56.5 Å². The van der Waals surface area contributed by atoms with Crippen molar-refractivity contribution in [3.8, 4) is 67.6 Å². The van der Waals surface area contributed by atoms with E-state index in [4.69, 9.17) is 14.5 Å². The standard InChI is InChI=1S/C42H25NO2/c1-2-10-26(11-3-1)36-22-19-28(25-43-36)27-18-20-31-35(24-27)42(32-14-6-4-12-29(32)30-13-5-7-15-33(30)42)34-21-23-39-41(40(31)34)45-38-17-9-8-16-37(38)44-39/h1-25H. The molecular formula is C42H25NO2. The summed E-state index contributed by atoms with van der Waals surface area (Å²) in [5, 5.41) is 0. The molecule has 0 saturated heterocycles. The number of para-hydroxylation sites is 2. The van der Waals surface area contributed by atoms with Crippen molar-refractivity contribution in [3.63, 3.8) is 0 Å². The average molecular weight is 576 g/mol. The number of pyridine rings is 1. The Labute approximate surface area is 261 Å². The van der Waals surface area contributed by atoms with Gasteiger partial charge in [-0.25, -0.2) is 0 Å². The fourth-order valence-electron chi connectivity index (χ4n) is 7.73. The minimum absolute atomic E-state index is 0.499. The number of fused-ring (bicyclic) bond motifs is 13. The summed E-state index contributed by atoms with van der Waals surface area (Å²) >= 11 is 0. The second kappa shape index (κ2) is 9.04. The zero-order valence-corrected chi connectivity index (χ0v) is 24.2. The molecule has 0 atom stereocenters. The Kier molecular flexibility index (Phi) is 4.92. The second-order valence-corrected chi connectivity index (χ2v) is 11.9. The molecule has 7 aromatic rings. The van der Waals surface area contributed by atoms with E-state index < -0.39 is 5.41 Å². The zero-order valence-electron chi connectivity index (χ0n) is 24.2. The lowest BCUT2D eigenvalue weighted by molar-refractivity contribution is 0.360. The molecule has 45 heavy (non-hydrogen) atoms. The van der Waals surface area contributed by atoms with Crippen LogP contribution in [0.3, 0.4) is 0 Å². The molecule has 6 aromatic carbocycles. The predicted octanol–water partition coefficient (Wildman–Crippen LogP) is 10.7. The van der Waals surface area contributed by atoms with Gasteiger partial charge in [-0.1, -0.05) is 115 Å². The lowest BCUT2D eigenvalue weighted by atomic mass is 9.70. The summed E-state index contributed by atoms with van der Waals surface area (Å²) in [7, 11) is 0. The van der Waals surface area contributed by atoms with Crippen LogP contribution in [0.15, 0.2) is 152 Å². The third kappa shape index (κ3) is 3.27. The normalized spacial score (nSPS) is 13.9. The van der Waals surface area contributed by atoms with Gasteiger partial charge in [-0.15, -0.1) is 0 Å². The molecule has 1 aliphatic heterocycles. The molecule has 0 amide bonds. The summed E-state index contributed by atoms with van der Waals surface area (Å²) in [5.41, 5.74) is 13.6. The first kappa shape index (κ1) is 24.5. The first-order valence-corrected chi connectivity index (χ1v) is 15.3. The quantitative estimate of drug-likeness (QED) is 0.205. The molecule has 210 valence electrons. The SMILES string of the molecule is c1ccc(-c2ccc(-c3ccc4c(c3)C3(c5ccccc5-c5ccccc53)c3ccc5c(c3-4)Oc3ccccc3O5)cn2)cc1. The van der Waals surface area contributed by atoms with Gasteiger partial charge in [-0.05, 0) is 74.8 Å². The van der Waals surface area contributed by atoms with Crippen LogP contribution in [0.5, 0.6) is 23.0 Å². The van der Waals surface area contributed by atoms with Gasteiger partial charge in [-0.2, -0.15) is 0 Å². The molecule has 3 nitrogen and oxygen atoms in total. The van der Waals surface area contributed by atoms with E-state index >= 15 is 0 Å². The minimum atomic E-state index is -0.499. The van der Waals surface area contributed by atoms with Crippen LogP contribution in [-0.4, -0.2) is 4.98 Å². The first-order valence-electron chi connectivity index (χ1n) is 15.3. The number of aromatic nitrogens is 1. The molecule has 0 bridgehead atoms. The van der Waals surface area contributed by atoms with E-state index in [0.29, 0.717) is 0 Å². The minimum Gasteiger partial charge on any atom is -0.449 e. The molecule has 0 N–H and O–H groups in total. The van der Waals surface area contributed by atoms with Crippen LogP contribution < -0.4 is 9.47 Å². The maximum absolute atomic E-state index is 6.69. The Morgan fingerprint density at radius 1 is 0.422 bits per heavy atom. The monoisotopic (exact) mass is 575 g/mol. The second-order valence-electron chi connectivity index (χ2n) is 11.9. The van der Waals surface area contributed by atoms with E-state index in [1.165, 1.54) is 33.4 Å². The summed E-state index contributed by atoms with van der Waals surface area (Å²) < 4.78 is 13.1. The number of ether oxygens (including phenoxy) is 2. The van der Waals surface area contributed by atoms with Crippen LogP contribution >= 0.6 is 0 Å². The zero-order chi connectivity index (χ0) is 29.5. The summed E-state index contributed by atoms with van der Waals surface area (Å²) in [6.45, 7) is 0. The number of hydrogen-bond acceptors (Lipinski definition) is 3. The molecule has 3 aliphatic rings. The molecule has 2 aliphatic carbocycles. The van der Waals surface area contributed by atoms with Crippen molar-refractivity contribution in [1.29, 1.82) is 0 Å². The van der Waals surface area contributed by atoms with Crippen LogP contribution in [0, 0.1) is 0 Å². The van der Waals surface area contributed by atoms with Gasteiger partial charge >= 0.3 is 0 Å². The number of nitrogens with zero attached hydrogens (tertiary/aromatic N) is 1. The van der Waals surface area contributed by atoms with Crippen LogP contribution in [-0.2, 0) is 5.41 Å². The molecule has 0 fully saturated rings. The third-order valence-corrected chi connectivity index (χ3v) is 9.62. The fourth-order valence-corrected chi connectivity index (χ4v) is 7.73. The topological polar surface area (TPSA) is 31.4 Å². The van der Waals surface area contributed by atoms with Crippen LogP contribution in [0.2, 0.25) is 0 Å². The van der Waals surface area contributed by atoms with Crippen molar-refractivity contribution in [1.82, 2.24) is 4.98 Å². The van der Waals surface area contributed by atoms with Crippen LogP contribution in [0.4, 0.5) is 0 Å². The highest BCUT2D eigenvalue weighted by atomic mass is 16.6. The predicted molar refractivity (Wildman–Crippen MR) is 178 cm³/mol. The number of hydrogen-bond donors (Lipinski definition) is 0. The van der Waals surface area contributed by atoms with E-state index in [9.17, 15) is 0 Å². The van der Waals surface area contributed by atoms with Crippen molar-refractivity contribution in [2.45, 2.75) is 5.41 Å². The van der Waals surface area contributed by atoms with E-state index in [1.807, 2.05) is 48.7 Å². The van der Waals surface area contributed by atoms with Gasteiger partial charge in [0.25, 0.3) is 0 Å². The van der Waals surface area contributed by atoms with Crippen LogP contribution in [0.1, 0.15) is 22.3 Å². The van der Waals surface area contributed by atoms with Crippen molar-refractivity contribution in [3.05, 3.63) is 174 Å². The Bertz CT molecular complexity index is 2280. The highest BCUT2D eigenvalue weighted by molar-refractivity contribution is 5.98. The van der Waals surface area contributed by atoms with E-state index in [1.54, 1.807) is 0 Å². The molecule has 2 heterocycles. The van der Waals surface area contributed by atoms with Gasteiger partial charge in [0.1, 0.15) is 0 Å². The van der Waals surface area contributed by atoms with Gasteiger partial charge in [0, 0.05) is 22.9 Å². The average Bonchev–Trinajstić information content (AvgIpc) is 3.58. The van der Waals surface area contributed by atoms with Gasteiger partial charge in [-0.3, -0.25) is 4.98 Å². The van der Waals surface area contributed by atoms with Crippen molar-refractivity contribution in [2.75, 3.05) is 0 Å². The summed E-state index contributed by atoms with van der Waals surface area (Å²) in [4.78, 5) is 4.86. The maximum atomic E-state index is 6.69. The molecule has 10 rings (SSSR count). The number of rotatable bonds is 2. The Morgan fingerprint density at radius 3 is 1.82 bits per heavy atom. The van der Waals surface area contributed by atoms with Crippen LogP contribution in [0.25, 0.3) is 44.6 Å². The molecule has 0 saturated carbocycles. The van der Waals surface area contributed by atoms with Crippen molar-refractivity contribution < 1.29 is 9.47 Å². The van der Waals surface area contributed by atoms with Crippen molar-refractivity contribution >= 4 is 0 Å². The molecule has 0 unspecified atom stereocenters. The molecule has 1 aromatic heterocycles. The van der Waals surface area contributed by atoms with Crippen molar-refractivity contribution in [2.24, 2.45) is 0 Å². The first-order chi connectivity index (χ1) is 22.3. The Morgan fingerprint density at radius 2 is 1.09 bits per heavy atom. The van der Waals surface area contributed by atoms with Gasteiger partial charge < -0.3 is 9.47 Å². The lowest BCUT2D eigenvalue weighted by Gasteiger charge is -2.31.